The van der Waals surface area contributed by atoms with Crippen molar-refractivity contribution < 1.29 is 9.59 Å². The fourth-order valence-electron chi connectivity index (χ4n) is 2.71. The molecule has 1 aromatic rings. The van der Waals surface area contributed by atoms with E-state index in [1.54, 1.807) is 11.3 Å². The first-order valence-corrected chi connectivity index (χ1v) is 8.90. The first-order valence-electron chi connectivity index (χ1n) is 6.97. The Morgan fingerprint density at radius 2 is 2.25 bits per heavy atom. The van der Waals surface area contributed by atoms with Crippen molar-refractivity contribution in [1.82, 2.24) is 10.2 Å². The van der Waals surface area contributed by atoms with E-state index in [1.807, 2.05) is 16.7 Å². The summed E-state index contributed by atoms with van der Waals surface area (Å²) >= 11 is 3.73. The summed E-state index contributed by atoms with van der Waals surface area (Å²) in [6, 6.07) is 3.98. The molecule has 0 bridgehead atoms. The van der Waals surface area contributed by atoms with Gasteiger partial charge in [-0.15, -0.1) is 11.3 Å². The van der Waals surface area contributed by atoms with E-state index < -0.39 is 0 Å². The number of thioether (sulfide) groups is 1. The maximum Gasteiger partial charge on any atom is 0.245 e. The van der Waals surface area contributed by atoms with Gasteiger partial charge in [0.05, 0.1) is 0 Å². The maximum atomic E-state index is 12.4. The first kappa shape index (κ1) is 13.9. The third-order valence-corrected chi connectivity index (χ3v) is 6.25. The molecular formula is C14H18N2O2S2. The predicted octanol–water partition coefficient (Wildman–Crippen LogP) is 2.03. The van der Waals surface area contributed by atoms with Crippen molar-refractivity contribution in [2.45, 2.75) is 30.6 Å². The number of nitrogens with zero attached hydrogens (tertiary/aromatic N) is 1. The Morgan fingerprint density at radius 3 is 2.95 bits per heavy atom. The van der Waals surface area contributed by atoms with Gasteiger partial charge in [0.25, 0.3) is 0 Å². The molecule has 2 fully saturated rings. The molecule has 0 saturated carbocycles. The molecule has 4 nitrogen and oxygen atoms in total. The lowest BCUT2D eigenvalue weighted by Crippen LogP contribution is -2.45. The van der Waals surface area contributed by atoms with Crippen molar-refractivity contribution in [1.29, 1.82) is 0 Å². The summed E-state index contributed by atoms with van der Waals surface area (Å²) in [5, 5.41) is 5.39. The van der Waals surface area contributed by atoms with Crippen molar-refractivity contribution >= 4 is 34.9 Å². The molecule has 3 heterocycles. The van der Waals surface area contributed by atoms with Gasteiger partial charge < -0.3 is 10.2 Å². The predicted molar refractivity (Wildman–Crippen MR) is 81.9 cm³/mol. The molecule has 2 aliphatic rings. The summed E-state index contributed by atoms with van der Waals surface area (Å²) in [4.78, 5) is 27.0. The van der Waals surface area contributed by atoms with E-state index in [-0.39, 0.29) is 17.9 Å². The number of thiophene rings is 1. The second kappa shape index (κ2) is 6.18. The number of carbonyl (C=O) groups excluding carboxylic acids is 2. The Bertz CT molecular complexity index is 489. The largest absolute Gasteiger partial charge is 0.344 e. The van der Waals surface area contributed by atoms with Crippen LogP contribution in [0.1, 0.15) is 29.4 Å². The van der Waals surface area contributed by atoms with Gasteiger partial charge in [0, 0.05) is 35.4 Å². The third-order valence-electron chi connectivity index (χ3n) is 3.81. The van der Waals surface area contributed by atoms with Gasteiger partial charge in [-0.2, -0.15) is 11.8 Å². The maximum absolute atomic E-state index is 12.4. The van der Waals surface area contributed by atoms with Crippen molar-refractivity contribution in [3.8, 4) is 0 Å². The molecule has 0 aromatic carbocycles. The van der Waals surface area contributed by atoms with E-state index in [1.165, 1.54) is 4.88 Å². The average Bonchev–Trinajstić information content (AvgIpc) is 3.05. The minimum absolute atomic E-state index is 0.00371. The Morgan fingerprint density at radius 1 is 1.35 bits per heavy atom. The second-order valence-electron chi connectivity index (χ2n) is 5.15. The summed E-state index contributed by atoms with van der Waals surface area (Å²) in [5.74, 6) is 1.07. The fourth-order valence-corrected chi connectivity index (χ4v) is 4.95. The van der Waals surface area contributed by atoms with E-state index >= 15 is 0 Å². The van der Waals surface area contributed by atoms with E-state index in [2.05, 4.69) is 22.8 Å². The van der Waals surface area contributed by atoms with Gasteiger partial charge in [-0.05, 0) is 24.3 Å². The Balaban J connectivity index is 1.59. The molecule has 6 heteroatoms. The van der Waals surface area contributed by atoms with Crippen LogP contribution in [0.3, 0.4) is 0 Å². The van der Waals surface area contributed by atoms with Gasteiger partial charge in [-0.25, -0.2) is 0 Å². The first-order chi connectivity index (χ1) is 9.74. The minimum atomic E-state index is -0.286. The monoisotopic (exact) mass is 310 g/mol. The quantitative estimate of drug-likeness (QED) is 0.909. The van der Waals surface area contributed by atoms with Crippen LogP contribution in [0.4, 0.5) is 0 Å². The van der Waals surface area contributed by atoms with Crippen LogP contribution in [0.15, 0.2) is 17.5 Å². The molecule has 1 N–H and O–H groups in total. The van der Waals surface area contributed by atoms with Gasteiger partial charge >= 0.3 is 0 Å². The van der Waals surface area contributed by atoms with Crippen molar-refractivity contribution in [2.75, 3.05) is 18.8 Å². The van der Waals surface area contributed by atoms with Crippen LogP contribution >= 0.6 is 23.1 Å². The van der Waals surface area contributed by atoms with Gasteiger partial charge in [-0.1, -0.05) is 6.07 Å². The van der Waals surface area contributed by atoms with E-state index in [9.17, 15) is 9.59 Å². The van der Waals surface area contributed by atoms with E-state index in [0.29, 0.717) is 18.1 Å². The summed E-state index contributed by atoms with van der Waals surface area (Å²) < 4.78 is 0. The SMILES string of the molecule is O=C1CCC(C(=O)N2CCSC(c3cccs3)CC2)N1. The van der Waals surface area contributed by atoms with Crippen molar-refractivity contribution in [3.05, 3.63) is 22.4 Å². The van der Waals surface area contributed by atoms with Gasteiger partial charge in [-0.3, -0.25) is 9.59 Å². The molecule has 2 aliphatic heterocycles. The van der Waals surface area contributed by atoms with Gasteiger partial charge in [0.15, 0.2) is 0 Å². The number of nitrogens with one attached hydrogen (secondary N) is 1. The molecule has 0 radical (unpaired) electrons. The average molecular weight is 310 g/mol. The number of carbonyl (C=O) groups is 2. The van der Waals surface area contributed by atoms with E-state index in [0.717, 1.165) is 25.3 Å². The zero-order chi connectivity index (χ0) is 13.9. The third kappa shape index (κ3) is 3.01. The molecule has 2 saturated heterocycles. The summed E-state index contributed by atoms with van der Waals surface area (Å²) in [5.41, 5.74) is 0. The Hall–Kier alpha value is -1.01. The van der Waals surface area contributed by atoms with E-state index in [4.69, 9.17) is 0 Å². The molecule has 20 heavy (non-hydrogen) atoms. The van der Waals surface area contributed by atoms with Gasteiger partial charge in [0.1, 0.15) is 6.04 Å². The van der Waals surface area contributed by atoms with Crippen LogP contribution < -0.4 is 5.32 Å². The number of rotatable bonds is 2. The summed E-state index contributed by atoms with van der Waals surface area (Å²) in [6.07, 6.45) is 2.13. The lowest BCUT2D eigenvalue weighted by atomic mass is 10.2. The Labute approximate surface area is 126 Å². The molecule has 2 atom stereocenters. The minimum Gasteiger partial charge on any atom is -0.344 e. The molecule has 0 spiro atoms. The van der Waals surface area contributed by atoms with Crippen LogP contribution in [0.2, 0.25) is 0 Å². The molecule has 3 rings (SSSR count). The van der Waals surface area contributed by atoms with Crippen molar-refractivity contribution in [3.63, 3.8) is 0 Å². The second-order valence-corrected chi connectivity index (χ2v) is 7.44. The lowest BCUT2D eigenvalue weighted by Gasteiger charge is -2.23. The number of hydrogen-bond donors (Lipinski definition) is 1. The van der Waals surface area contributed by atoms with Gasteiger partial charge in [0.2, 0.25) is 11.8 Å². The fraction of sp³-hybridized carbons (Fsp3) is 0.571. The molecule has 2 unspecified atom stereocenters. The van der Waals surface area contributed by atoms with Crippen LogP contribution in [0, 0.1) is 0 Å². The topological polar surface area (TPSA) is 49.4 Å². The standard InChI is InChI=1S/C14H18N2O2S2/c17-13-4-3-10(15-13)14(18)16-6-5-12(20-9-7-16)11-2-1-8-19-11/h1-2,8,10,12H,3-7,9H2,(H,15,17). The number of amides is 2. The zero-order valence-electron chi connectivity index (χ0n) is 11.2. The Kier molecular flexibility index (Phi) is 4.31. The molecule has 0 aliphatic carbocycles. The summed E-state index contributed by atoms with van der Waals surface area (Å²) in [6.45, 7) is 1.58. The number of hydrogen-bond acceptors (Lipinski definition) is 4. The highest BCUT2D eigenvalue weighted by atomic mass is 32.2. The van der Waals surface area contributed by atoms with Crippen LogP contribution in [0.5, 0.6) is 0 Å². The lowest BCUT2D eigenvalue weighted by molar-refractivity contribution is -0.134. The molecule has 108 valence electrons. The highest BCUT2D eigenvalue weighted by molar-refractivity contribution is 7.99. The van der Waals surface area contributed by atoms with Crippen LogP contribution in [0.25, 0.3) is 0 Å². The zero-order valence-corrected chi connectivity index (χ0v) is 12.8. The van der Waals surface area contributed by atoms with Crippen molar-refractivity contribution in [2.24, 2.45) is 0 Å². The molecule has 1 aromatic heterocycles. The molecular weight excluding hydrogens is 292 g/mol. The van der Waals surface area contributed by atoms with Crippen LogP contribution in [-0.4, -0.2) is 41.6 Å². The highest BCUT2D eigenvalue weighted by Crippen LogP contribution is 2.36. The molecule has 2 amide bonds. The highest BCUT2D eigenvalue weighted by Gasteiger charge is 2.32. The van der Waals surface area contributed by atoms with Crippen LogP contribution in [-0.2, 0) is 9.59 Å². The normalized spacial score (nSPS) is 27.2. The summed E-state index contributed by atoms with van der Waals surface area (Å²) in [7, 11) is 0. The smallest absolute Gasteiger partial charge is 0.245 e.